The van der Waals surface area contributed by atoms with Gasteiger partial charge in [0.1, 0.15) is 11.6 Å². The molecule has 0 unspecified atom stereocenters. The quantitative estimate of drug-likeness (QED) is 0.555. The first kappa shape index (κ1) is 10.9. The fourth-order valence-electron chi connectivity index (χ4n) is 1.50. The second kappa shape index (κ2) is 4.11. The lowest BCUT2D eigenvalue weighted by molar-refractivity contribution is 0.465. The molecule has 1 aromatic heterocycles. The molecule has 1 heterocycles. The number of phenols is 1. The maximum Gasteiger partial charge on any atom is 0.143 e. The molecule has 1 aromatic carbocycles. The number of anilines is 1. The molecule has 1 atom stereocenters. The van der Waals surface area contributed by atoms with E-state index in [1.807, 2.05) is 17.5 Å². The smallest absolute Gasteiger partial charge is 0.143 e. The third-order valence-electron chi connectivity index (χ3n) is 2.32. The first-order valence-electron chi connectivity index (χ1n) is 4.66. The van der Waals surface area contributed by atoms with E-state index >= 15 is 0 Å². The maximum absolute atomic E-state index is 13.2. The van der Waals surface area contributed by atoms with E-state index < -0.39 is 11.9 Å². The highest BCUT2D eigenvalue weighted by atomic mass is 32.1. The van der Waals surface area contributed by atoms with E-state index in [4.69, 9.17) is 11.5 Å². The van der Waals surface area contributed by atoms with Crippen molar-refractivity contribution in [2.45, 2.75) is 6.04 Å². The standard InChI is InChI=1S/C11H11FN2OS/c12-6-4-7(11(15)8(13)5-6)10(14)9-2-1-3-16-9/h1-5,10,15H,13-14H2/t10-/m1/s1. The lowest BCUT2D eigenvalue weighted by atomic mass is 10.0. The summed E-state index contributed by atoms with van der Waals surface area (Å²) in [6, 6.07) is 5.39. The predicted molar refractivity (Wildman–Crippen MR) is 62.8 cm³/mol. The molecule has 0 saturated heterocycles. The van der Waals surface area contributed by atoms with Crippen molar-refractivity contribution in [1.82, 2.24) is 0 Å². The average Bonchev–Trinajstić information content (AvgIpc) is 2.75. The Morgan fingerprint density at radius 1 is 1.38 bits per heavy atom. The van der Waals surface area contributed by atoms with Crippen molar-refractivity contribution < 1.29 is 9.50 Å². The molecule has 0 saturated carbocycles. The number of hydrogen-bond donors (Lipinski definition) is 3. The van der Waals surface area contributed by atoms with Crippen LogP contribution in [0.5, 0.6) is 5.75 Å². The van der Waals surface area contributed by atoms with Crippen LogP contribution in [0.25, 0.3) is 0 Å². The number of halogens is 1. The molecule has 0 amide bonds. The summed E-state index contributed by atoms with van der Waals surface area (Å²) in [5, 5.41) is 11.6. The van der Waals surface area contributed by atoms with Gasteiger partial charge in [-0.3, -0.25) is 0 Å². The number of nitrogen functional groups attached to an aromatic ring is 1. The molecule has 0 radical (unpaired) electrons. The minimum absolute atomic E-state index is 0.00186. The highest BCUT2D eigenvalue weighted by Gasteiger charge is 2.17. The van der Waals surface area contributed by atoms with Gasteiger partial charge in [0.15, 0.2) is 0 Å². The van der Waals surface area contributed by atoms with E-state index in [2.05, 4.69) is 0 Å². The average molecular weight is 238 g/mol. The van der Waals surface area contributed by atoms with Gasteiger partial charge in [0, 0.05) is 16.5 Å². The Balaban J connectivity index is 2.48. The van der Waals surface area contributed by atoms with Gasteiger partial charge in [-0.15, -0.1) is 11.3 Å². The summed E-state index contributed by atoms with van der Waals surface area (Å²) in [7, 11) is 0. The Morgan fingerprint density at radius 3 is 2.75 bits per heavy atom. The first-order chi connectivity index (χ1) is 7.59. The van der Waals surface area contributed by atoms with Crippen LogP contribution in [-0.4, -0.2) is 5.11 Å². The van der Waals surface area contributed by atoms with E-state index in [0.29, 0.717) is 5.56 Å². The Kier molecular flexibility index (Phi) is 2.80. The predicted octanol–water partition coefficient (Wildman–Crippen LogP) is 2.22. The van der Waals surface area contributed by atoms with Crippen LogP contribution < -0.4 is 11.5 Å². The summed E-state index contributed by atoms with van der Waals surface area (Å²) in [4.78, 5) is 0.848. The fourth-order valence-corrected chi connectivity index (χ4v) is 2.25. The third-order valence-corrected chi connectivity index (χ3v) is 3.27. The van der Waals surface area contributed by atoms with Gasteiger partial charge < -0.3 is 16.6 Å². The summed E-state index contributed by atoms with van der Waals surface area (Å²) < 4.78 is 13.2. The van der Waals surface area contributed by atoms with E-state index in [1.54, 1.807) is 0 Å². The monoisotopic (exact) mass is 238 g/mol. The van der Waals surface area contributed by atoms with Crippen LogP contribution in [0, 0.1) is 5.82 Å². The van der Waals surface area contributed by atoms with Crippen molar-refractivity contribution in [2.75, 3.05) is 5.73 Å². The van der Waals surface area contributed by atoms with E-state index in [1.165, 1.54) is 17.4 Å². The lowest BCUT2D eigenvalue weighted by Crippen LogP contribution is -2.11. The van der Waals surface area contributed by atoms with Crippen LogP contribution in [0.2, 0.25) is 0 Å². The summed E-state index contributed by atoms with van der Waals surface area (Å²) >= 11 is 1.45. The molecule has 2 rings (SSSR count). The molecule has 16 heavy (non-hydrogen) atoms. The molecule has 3 nitrogen and oxygen atoms in total. The Morgan fingerprint density at radius 2 is 2.12 bits per heavy atom. The normalized spacial score (nSPS) is 12.6. The number of rotatable bonds is 2. The summed E-state index contributed by atoms with van der Waals surface area (Å²) in [6.07, 6.45) is 0. The molecule has 5 heteroatoms. The van der Waals surface area contributed by atoms with Gasteiger partial charge in [-0.1, -0.05) is 6.07 Å². The number of phenolic OH excluding ortho intramolecular Hbond substituents is 1. The largest absolute Gasteiger partial charge is 0.505 e. The van der Waals surface area contributed by atoms with Gasteiger partial charge in [0.05, 0.1) is 11.7 Å². The molecular weight excluding hydrogens is 227 g/mol. The number of aromatic hydroxyl groups is 1. The van der Waals surface area contributed by atoms with E-state index in [9.17, 15) is 9.50 Å². The van der Waals surface area contributed by atoms with Gasteiger partial charge in [-0.25, -0.2) is 4.39 Å². The van der Waals surface area contributed by atoms with Crippen LogP contribution in [0.4, 0.5) is 10.1 Å². The van der Waals surface area contributed by atoms with Gasteiger partial charge in [-0.2, -0.15) is 0 Å². The van der Waals surface area contributed by atoms with Crippen LogP contribution in [0.15, 0.2) is 29.6 Å². The second-order valence-corrected chi connectivity index (χ2v) is 4.41. The van der Waals surface area contributed by atoms with Gasteiger partial charge in [0.25, 0.3) is 0 Å². The number of nitrogens with two attached hydrogens (primary N) is 2. The third kappa shape index (κ3) is 1.87. The van der Waals surface area contributed by atoms with Crippen molar-refractivity contribution in [3.05, 3.63) is 45.9 Å². The lowest BCUT2D eigenvalue weighted by Gasteiger charge is -2.13. The summed E-state index contributed by atoms with van der Waals surface area (Å²) in [5.74, 6) is -0.653. The zero-order valence-corrected chi connectivity index (χ0v) is 9.17. The fraction of sp³-hybridized carbons (Fsp3) is 0.0909. The maximum atomic E-state index is 13.2. The number of thiophene rings is 1. The number of benzene rings is 1. The zero-order valence-electron chi connectivity index (χ0n) is 8.35. The molecule has 84 valence electrons. The van der Waals surface area contributed by atoms with E-state index in [-0.39, 0.29) is 11.4 Å². The summed E-state index contributed by atoms with van der Waals surface area (Å²) in [5.41, 5.74) is 11.7. The molecule has 0 spiro atoms. The van der Waals surface area contributed by atoms with Gasteiger partial charge in [-0.05, 0) is 17.5 Å². The zero-order chi connectivity index (χ0) is 11.7. The molecular formula is C11H11FN2OS. The molecule has 0 fully saturated rings. The molecule has 0 bridgehead atoms. The van der Waals surface area contributed by atoms with Crippen LogP contribution in [0.3, 0.4) is 0 Å². The summed E-state index contributed by atoms with van der Waals surface area (Å²) in [6.45, 7) is 0. The van der Waals surface area contributed by atoms with Crippen molar-refractivity contribution >= 4 is 17.0 Å². The Bertz CT molecular complexity index is 499. The van der Waals surface area contributed by atoms with Crippen LogP contribution in [-0.2, 0) is 0 Å². The number of hydrogen-bond acceptors (Lipinski definition) is 4. The topological polar surface area (TPSA) is 72.3 Å². The SMILES string of the molecule is Nc1cc(F)cc([C@@H](N)c2cccs2)c1O. The molecule has 2 aromatic rings. The van der Waals surface area contributed by atoms with Crippen molar-refractivity contribution in [2.24, 2.45) is 5.73 Å². The van der Waals surface area contributed by atoms with E-state index in [0.717, 1.165) is 10.9 Å². The molecule has 0 aliphatic heterocycles. The Labute approximate surface area is 96.1 Å². The molecule has 0 aliphatic carbocycles. The van der Waals surface area contributed by atoms with Crippen LogP contribution >= 0.6 is 11.3 Å². The second-order valence-electron chi connectivity index (χ2n) is 3.43. The van der Waals surface area contributed by atoms with Crippen molar-refractivity contribution in [1.29, 1.82) is 0 Å². The minimum atomic E-state index is -0.557. The van der Waals surface area contributed by atoms with Crippen molar-refractivity contribution in [3.63, 3.8) is 0 Å². The first-order valence-corrected chi connectivity index (χ1v) is 5.54. The minimum Gasteiger partial charge on any atom is -0.505 e. The van der Waals surface area contributed by atoms with Gasteiger partial charge >= 0.3 is 0 Å². The van der Waals surface area contributed by atoms with Crippen molar-refractivity contribution in [3.8, 4) is 5.75 Å². The Hall–Kier alpha value is -1.59. The highest BCUT2D eigenvalue weighted by molar-refractivity contribution is 7.10. The van der Waals surface area contributed by atoms with Crippen LogP contribution in [0.1, 0.15) is 16.5 Å². The molecule has 5 N–H and O–H groups in total. The van der Waals surface area contributed by atoms with Gasteiger partial charge in [0.2, 0.25) is 0 Å². The highest BCUT2D eigenvalue weighted by Crippen LogP contribution is 2.34. The molecule has 0 aliphatic rings.